The Morgan fingerprint density at radius 1 is 1.45 bits per heavy atom. The lowest BCUT2D eigenvalue weighted by molar-refractivity contribution is -0.745. The van der Waals surface area contributed by atoms with E-state index in [9.17, 15) is 24.5 Å². The third kappa shape index (κ3) is 3.33. The fourth-order valence-corrected chi connectivity index (χ4v) is 3.69. The van der Waals surface area contributed by atoms with Gasteiger partial charge in [0.25, 0.3) is 11.5 Å². The molecule has 15 nitrogen and oxygen atoms in total. The molecule has 4 heterocycles. The van der Waals surface area contributed by atoms with Gasteiger partial charge in [0.15, 0.2) is 19.4 Å². The number of hydrogen-bond acceptors (Lipinski definition) is 10. The summed E-state index contributed by atoms with van der Waals surface area (Å²) in [5, 5.41) is 27.7. The predicted molar refractivity (Wildman–Crippen MR) is 91.3 cm³/mol. The number of anilines is 1. The Hall–Kier alpha value is -2.68. The molecule has 6 N–H and O–H groups in total. The number of imidazole rings is 1. The predicted octanol–water partition coefficient (Wildman–Crippen LogP) is -4.79. The maximum atomic E-state index is 12.1. The van der Waals surface area contributed by atoms with Gasteiger partial charge in [0.05, 0.1) is 19.8 Å². The van der Waals surface area contributed by atoms with E-state index in [0.717, 1.165) is 10.9 Å². The summed E-state index contributed by atoms with van der Waals surface area (Å²) in [6, 6.07) is 0. The van der Waals surface area contributed by atoms with Gasteiger partial charge in [0, 0.05) is 0 Å². The summed E-state index contributed by atoms with van der Waals surface area (Å²) >= 11 is 0. The van der Waals surface area contributed by atoms with Crippen molar-refractivity contribution in [1.82, 2.24) is 29.5 Å². The van der Waals surface area contributed by atoms with Gasteiger partial charge in [0.2, 0.25) is 11.7 Å². The van der Waals surface area contributed by atoms with Crippen LogP contribution in [0.3, 0.4) is 0 Å². The second kappa shape index (κ2) is 6.69. The van der Waals surface area contributed by atoms with Gasteiger partial charge in [-0.3, -0.25) is 14.3 Å². The van der Waals surface area contributed by atoms with E-state index in [-0.39, 0.29) is 23.7 Å². The number of aliphatic hydroxyl groups excluding tert-OH is 2. The molecule has 156 valence electrons. The fraction of sp³-hybridized carbons (Fsp3) is 0.462. The molecule has 0 bridgehead atoms. The highest BCUT2D eigenvalue weighted by atomic mass is 31.2. The zero-order valence-corrected chi connectivity index (χ0v) is 15.7. The van der Waals surface area contributed by atoms with Crippen LogP contribution in [0.1, 0.15) is 6.23 Å². The van der Waals surface area contributed by atoms with Crippen molar-refractivity contribution in [3.63, 3.8) is 0 Å². The number of nitrogens with two attached hydrogens (primary N) is 1. The van der Waals surface area contributed by atoms with Crippen LogP contribution in [0.25, 0.3) is 11.2 Å². The highest BCUT2D eigenvalue weighted by molar-refractivity contribution is 7.58. The number of aromatic nitrogens is 7. The van der Waals surface area contributed by atoms with Gasteiger partial charge in [-0.15, -0.1) is 5.10 Å². The quantitative estimate of drug-likeness (QED) is 0.196. The number of nitrogen functional groups attached to an aromatic ring is 1. The molecule has 0 aliphatic carbocycles. The molecular formula is C13H17N8O7P. The van der Waals surface area contributed by atoms with Crippen LogP contribution in [0.15, 0.2) is 17.3 Å². The van der Waals surface area contributed by atoms with E-state index < -0.39 is 43.1 Å². The summed E-state index contributed by atoms with van der Waals surface area (Å²) in [6.45, 7) is -0.163. The number of aliphatic hydroxyl groups is 2. The maximum Gasteiger partial charge on any atom is 0.313 e. The van der Waals surface area contributed by atoms with E-state index in [1.165, 1.54) is 15.5 Å². The first-order chi connectivity index (χ1) is 13.6. The molecule has 0 aromatic carbocycles. The van der Waals surface area contributed by atoms with Crippen molar-refractivity contribution in [2.75, 3.05) is 5.73 Å². The molecule has 0 spiro atoms. The van der Waals surface area contributed by atoms with E-state index in [2.05, 4.69) is 20.3 Å². The van der Waals surface area contributed by atoms with Gasteiger partial charge in [-0.25, -0.2) is 9.25 Å². The number of aromatic amines is 1. The van der Waals surface area contributed by atoms with Crippen LogP contribution in [-0.2, 0) is 22.9 Å². The number of nitrogens with zero attached hydrogens (tertiary/aromatic N) is 6. The molecule has 29 heavy (non-hydrogen) atoms. The SMILES string of the molecule is Cn1c[n+]([C@@H]2O[C@H](Cn3cc(P(=O)([O-])O)nn3)[C@@H](O)[C@H]2O)c2nc(N)[nH]c(=O)c21. The largest absolute Gasteiger partial charge is 0.774 e. The van der Waals surface area contributed by atoms with Crippen molar-refractivity contribution < 1.29 is 33.9 Å². The third-order valence-corrected chi connectivity index (χ3v) is 5.37. The summed E-state index contributed by atoms with van der Waals surface area (Å²) in [4.78, 5) is 38.7. The lowest BCUT2D eigenvalue weighted by Gasteiger charge is -2.13. The zero-order chi connectivity index (χ0) is 21.1. The number of nitrogens with one attached hydrogen (secondary N) is 1. The van der Waals surface area contributed by atoms with Gasteiger partial charge in [-0.05, 0) is 0 Å². The Morgan fingerprint density at radius 2 is 2.17 bits per heavy atom. The van der Waals surface area contributed by atoms with Crippen molar-refractivity contribution >= 4 is 30.1 Å². The number of hydrogen-bond donors (Lipinski definition) is 5. The number of rotatable bonds is 4. The summed E-state index contributed by atoms with van der Waals surface area (Å²) in [7, 11) is -3.23. The highest BCUT2D eigenvalue weighted by Crippen LogP contribution is 2.28. The molecule has 16 heteroatoms. The average Bonchev–Trinajstić information content (AvgIpc) is 3.28. The molecule has 1 unspecified atom stereocenters. The third-order valence-electron chi connectivity index (χ3n) is 4.58. The minimum Gasteiger partial charge on any atom is -0.774 e. The van der Waals surface area contributed by atoms with Crippen molar-refractivity contribution in [3.05, 3.63) is 22.9 Å². The van der Waals surface area contributed by atoms with Crippen molar-refractivity contribution in [2.45, 2.75) is 31.1 Å². The molecule has 5 atom stereocenters. The Kier molecular flexibility index (Phi) is 4.53. The Labute approximate surface area is 161 Å². The lowest BCUT2D eigenvalue weighted by Crippen LogP contribution is -2.46. The van der Waals surface area contributed by atoms with Gasteiger partial charge in [0.1, 0.15) is 18.3 Å². The van der Waals surface area contributed by atoms with Gasteiger partial charge >= 0.3 is 5.65 Å². The van der Waals surface area contributed by atoms with Gasteiger partial charge in [-0.2, -0.15) is 0 Å². The van der Waals surface area contributed by atoms with E-state index in [1.807, 2.05) is 0 Å². The van der Waals surface area contributed by atoms with Crippen molar-refractivity contribution in [1.29, 1.82) is 0 Å². The van der Waals surface area contributed by atoms with E-state index in [4.69, 9.17) is 15.4 Å². The summed E-state index contributed by atoms with van der Waals surface area (Å²) < 4.78 is 20.7. The van der Waals surface area contributed by atoms with Crippen LogP contribution in [0, 0.1) is 0 Å². The van der Waals surface area contributed by atoms with Crippen LogP contribution in [0.2, 0.25) is 0 Å². The van der Waals surface area contributed by atoms with Crippen LogP contribution >= 0.6 is 7.60 Å². The molecule has 3 aromatic rings. The van der Waals surface area contributed by atoms with Gasteiger partial charge in [-0.1, -0.05) is 10.2 Å². The van der Waals surface area contributed by atoms with E-state index >= 15 is 0 Å². The molecule has 1 aliphatic rings. The van der Waals surface area contributed by atoms with E-state index in [1.54, 1.807) is 7.05 Å². The van der Waals surface area contributed by atoms with Crippen molar-refractivity contribution in [2.24, 2.45) is 7.05 Å². The smallest absolute Gasteiger partial charge is 0.313 e. The minimum atomic E-state index is -4.82. The van der Waals surface area contributed by atoms with Gasteiger partial charge < -0.3 is 35.0 Å². The first-order valence-corrected chi connectivity index (χ1v) is 9.86. The molecule has 0 radical (unpaired) electrons. The average molecular weight is 428 g/mol. The topological polar surface area (TPSA) is 221 Å². The molecule has 0 saturated carbocycles. The summed E-state index contributed by atoms with van der Waals surface area (Å²) in [5.41, 5.74) is 4.80. The standard InChI is InChI=1S/C13H17N8O7P/c1-19-4-21(10-7(19)11(24)16-13(14)15-10)12-9(23)8(22)5(28-12)2-20-3-6(17-18-20)29(25,26)27/h3-5,8-9,12,22-23H,2H2,1H3,(H4-,14,15,16,24,25,26,27)/t5-,8-,9-,12-/m1/s1. The number of H-pyrrole nitrogens is 1. The number of fused-ring (bicyclic) bond motifs is 1. The Bertz CT molecular complexity index is 1180. The summed E-state index contributed by atoms with van der Waals surface area (Å²) in [6.07, 6.45) is -2.46. The molecule has 1 saturated heterocycles. The van der Waals surface area contributed by atoms with Crippen LogP contribution in [0.5, 0.6) is 0 Å². The Balaban J connectivity index is 1.64. The molecule has 3 aromatic heterocycles. The number of aryl methyl sites for hydroxylation is 1. The van der Waals surface area contributed by atoms with Crippen LogP contribution < -0.4 is 26.2 Å². The second-order valence-electron chi connectivity index (χ2n) is 6.62. The molecule has 0 amide bonds. The van der Waals surface area contributed by atoms with Crippen LogP contribution in [-0.4, -0.2) is 62.9 Å². The fourth-order valence-electron chi connectivity index (χ4n) is 3.26. The lowest BCUT2D eigenvalue weighted by atomic mass is 10.1. The van der Waals surface area contributed by atoms with Crippen molar-refractivity contribution in [3.8, 4) is 0 Å². The first-order valence-electron chi connectivity index (χ1n) is 8.28. The molecule has 4 rings (SSSR count). The molecule has 1 aliphatic heterocycles. The number of ether oxygens (including phenoxy) is 1. The Morgan fingerprint density at radius 3 is 2.83 bits per heavy atom. The molecule has 1 fully saturated rings. The monoisotopic (exact) mass is 428 g/mol. The normalized spacial score (nSPS) is 26.8. The first kappa shape index (κ1) is 19.6. The summed E-state index contributed by atoms with van der Waals surface area (Å²) in [5.74, 6) is -0.131. The zero-order valence-electron chi connectivity index (χ0n) is 14.9. The minimum absolute atomic E-state index is 0.131. The maximum absolute atomic E-state index is 12.1. The van der Waals surface area contributed by atoms with Crippen LogP contribution in [0.4, 0.5) is 5.95 Å². The van der Waals surface area contributed by atoms with E-state index in [0.29, 0.717) is 0 Å². The second-order valence-corrected chi connectivity index (χ2v) is 8.12. The molecular weight excluding hydrogens is 411 g/mol. The highest BCUT2D eigenvalue weighted by Gasteiger charge is 2.47.